The average molecular weight is 331 g/mol. The second kappa shape index (κ2) is 6.55. The van der Waals surface area contributed by atoms with Gasteiger partial charge in [-0.15, -0.1) is 10.2 Å². The molecule has 0 radical (unpaired) electrons. The standard InChI is InChI=1S/C17H29N7/c1-11(2)15-13(17(22(4)5)23(6)21-15)10-18-12(3)16-20-19-14-8-7-9-24(14)16/h11-12,18H,7-10H2,1-6H3/t12-/m0/s1. The van der Waals surface area contributed by atoms with Crippen molar-refractivity contribution in [1.82, 2.24) is 29.9 Å². The summed E-state index contributed by atoms with van der Waals surface area (Å²) < 4.78 is 4.24. The summed E-state index contributed by atoms with van der Waals surface area (Å²) in [6, 6.07) is 0.166. The third-order valence-electron chi connectivity index (χ3n) is 4.72. The summed E-state index contributed by atoms with van der Waals surface area (Å²) in [6.45, 7) is 8.37. The van der Waals surface area contributed by atoms with Crippen LogP contribution >= 0.6 is 0 Å². The van der Waals surface area contributed by atoms with E-state index in [-0.39, 0.29) is 6.04 Å². The quantitative estimate of drug-likeness (QED) is 0.877. The maximum absolute atomic E-state index is 4.73. The Bertz CT molecular complexity index is 711. The minimum atomic E-state index is 0.166. The second-order valence-electron chi connectivity index (χ2n) is 7.19. The van der Waals surface area contributed by atoms with Gasteiger partial charge in [-0.25, -0.2) is 0 Å². The van der Waals surface area contributed by atoms with Crippen LogP contribution in [0.5, 0.6) is 0 Å². The van der Waals surface area contributed by atoms with Crippen molar-refractivity contribution >= 4 is 5.82 Å². The fourth-order valence-corrected chi connectivity index (χ4v) is 3.61. The number of rotatable bonds is 6. The highest BCUT2D eigenvalue weighted by molar-refractivity contribution is 5.50. The minimum Gasteiger partial charge on any atom is -0.363 e. The first-order valence-corrected chi connectivity index (χ1v) is 8.78. The van der Waals surface area contributed by atoms with Crippen molar-refractivity contribution in [3.05, 3.63) is 22.9 Å². The van der Waals surface area contributed by atoms with E-state index in [2.05, 4.69) is 59.8 Å². The molecule has 0 saturated carbocycles. The highest BCUT2D eigenvalue weighted by Gasteiger charge is 2.23. The van der Waals surface area contributed by atoms with Gasteiger partial charge in [-0.2, -0.15) is 5.10 Å². The van der Waals surface area contributed by atoms with Crippen LogP contribution in [-0.2, 0) is 26.6 Å². The van der Waals surface area contributed by atoms with Crippen molar-refractivity contribution in [3.63, 3.8) is 0 Å². The van der Waals surface area contributed by atoms with Crippen LogP contribution in [0.4, 0.5) is 5.82 Å². The Balaban J connectivity index is 1.81. The molecule has 2 aromatic heterocycles. The normalized spacial score (nSPS) is 15.1. The van der Waals surface area contributed by atoms with E-state index in [0.717, 1.165) is 42.7 Å². The third-order valence-corrected chi connectivity index (χ3v) is 4.72. The van der Waals surface area contributed by atoms with Gasteiger partial charge in [0, 0.05) is 46.2 Å². The second-order valence-corrected chi connectivity index (χ2v) is 7.19. The summed E-state index contributed by atoms with van der Waals surface area (Å²) in [5, 5.41) is 17.1. The molecule has 1 N–H and O–H groups in total. The minimum absolute atomic E-state index is 0.166. The maximum Gasteiger partial charge on any atom is 0.149 e. The number of hydrogen-bond donors (Lipinski definition) is 1. The van der Waals surface area contributed by atoms with Crippen LogP contribution in [0.25, 0.3) is 0 Å². The van der Waals surface area contributed by atoms with Gasteiger partial charge in [0.2, 0.25) is 0 Å². The molecule has 1 atom stereocenters. The molecule has 1 aliphatic heterocycles. The lowest BCUT2D eigenvalue weighted by Crippen LogP contribution is -2.24. The van der Waals surface area contributed by atoms with E-state index >= 15 is 0 Å². The van der Waals surface area contributed by atoms with Crippen molar-refractivity contribution < 1.29 is 0 Å². The SMILES string of the molecule is CC(C)c1nn(C)c(N(C)C)c1CN[C@@H](C)c1nnc2n1CCC2. The van der Waals surface area contributed by atoms with E-state index in [4.69, 9.17) is 5.10 Å². The first-order valence-electron chi connectivity index (χ1n) is 8.78. The number of fused-ring (bicyclic) bond motifs is 1. The van der Waals surface area contributed by atoms with E-state index in [9.17, 15) is 0 Å². The number of nitrogens with one attached hydrogen (secondary N) is 1. The summed E-state index contributed by atoms with van der Waals surface area (Å²) >= 11 is 0. The highest BCUT2D eigenvalue weighted by atomic mass is 15.4. The first-order chi connectivity index (χ1) is 11.4. The van der Waals surface area contributed by atoms with E-state index < -0.39 is 0 Å². The summed E-state index contributed by atoms with van der Waals surface area (Å²) in [4.78, 5) is 2.13. The molecule has 7 heteroatoms. The van der Waals surface area contributed by atoms with Gasteiger partial charge >= 0.3 is 0 Å². The highest BCUT2D eigenvalue weighted by Crippen LogP contribution is 2.28. The summed E-state index contributed by atoms with van der Waals surface area (Å²) in [7, 11) is 6.15. The molecule has 0 bridgehead atoms. The molecule has 0 aromatic carbocycles. The zero-order valence-electron chi connectivity index (χ0n) is 15.7. The molecule has 0 unspecified atom stereocenters. The monoisotopic (exact) mass is 331 g/mol. The van der Waals surface area contributed by atoms with Crippen LogP contribution in [-0.4, -0.2) is 38.6 Å². The first kappa shape index (κ1) is 17.0. The van der Waals surface area contributed by atoms with E-state index in [1.54, 1.807) is 0 Å². The van der Waals surface area contributed by atoms with Crippen LogP contribution in [0.3, 0.4) is 0 Å². The van der Waals surface area contributed by atoms with Gasteiger partial charge in [0.25, 0.3) is 0 Å². The molecule has 2 aromatic rings. The predicted molar refractivity (Wildman–Crippen MR) is 95.2 cm³/mol. The van der Waals surface area contributed by atoms with E-state index in [0.29, 0.717) is 5.92 Å². The van der Waals surface area contributed by atoms with Gasteiger partial charge < -0.3 is 14.8 Å². The Labute approximate surface area is 144 Å². The average Bonchev–Trinajstić information content (AvgIpc) is 3.17. The number of anilines is 1. The number of nitrogens with zero attached hydrogens (tertiary/aromatic N) is 6. The van der Waals surface area contributed by atoms with Gasteiger partial charge in [0.05, 0.1) is 11.7 Å². The molecule has 0 fully saturated rings. The molecule has 24 heavy (non-hydrogen) atoms. The van der Waals surface area contributed by atoms with Crippen LogP contribution in [0.1, 0.15) is 62.1 Å². The fourth-order valence-electron chi connectivity index (χ4n) is 3.61. The largest absolute Gasteiger partial charge is 0.363 e. The Morgan fingerprint density at radius 3 is 2.62 bits per heavy atom. The van der Waals surface area contributed by atoms with Crippen molar-refractivity contribution in [1.29, 1.82) is 0 Å². The van der Waals surface area contributed by atoms with Crippen LogP contribution in [0.15, 0.2) is 0 Å². The smallest absolute Gasteiger partial charge is 0.149 e. The molecule has 3 heterocycles. The van der Waals surface area contributed by atoms with E-state index in [1.807, 2.05) is 11.7 Å². The number of aryl methyl sites for hydroxylation is 2. The van der Waals surface area contributed by atoms with Gasteiger partial charge in [-0.3, -0.25) is 4.68 Å². The Kier molecular flexibility index (Phi) is 4.62. The maximum atomic E-state index is 4.73. The third kappa shape index (κ3) is 2.92. The van der Waals surface area contributed by atoms with Crippen molar-refractivity contribution in [2.45, 2.75) is 58.7 Å². The number of aromatic nitrogens is 5. The molecule has 0 spiro atoms. The topological polar surface area (TPSA) is 63.8 Å². The van der Waals surface area contributed by atoms with Gasteiger partial charge in [-0.05, 0) is 19.3 Å². The summed E-state index contributed by atoms with van der Waals surface area (Å²) in [5.74, 6) is 3.72. The Morgan fingerprint density at radius 2 is 1.96 bits per heavy atom. The molecule has 0 aliphatic carbocycles. The summed E-state index contributed by atoms with van der Waals surface area (Å²) in [5.41, 5.74) is 2.43. The molecule has 3 rings (SSSR count). The lowest BCUT2D eigenvalue weighted by molar-refractivity contribution is 0.514. The Hall–Kier alpha value is -1.89. The van der Waals surface area contributed by atoms with Gasteiger partial charge in [-0.1, -0.05) is 13.8 Å². The van der Waals surface area contributed by atoms with Crippen LogP contribution in [0.2, 0.25) is 0 Å². The molecule has 0 amide bonds. The van der Waals surface area contributed by atoms with Crippen LogP contribution < -0.4 is 10.2 Å². The van der Waals surface area contributed by atoms with Crippen molar-refractivity contribution in [2.75, 3.05) is 19.0 Å². The van der Waals surface area contributed by atoms with Crippen molar-refractivity contribution in [2.24, 2.45) is 7.05 Å². The molecule has 0 saturated heterocycles. The van der Waals surface area contributed by atoms with Gasteiger partial charge in [0.15, 0.2) is 0 Å². The molecule has 132 valence electrons. The van der Waals surface area contributed by atoms with Gasteiger partial charge in [0.1, 0.15) is 17.5 Å². The van der Waals surface area contributed by atoms with E-state index in [1.165, 1.54) is 12.0 Å². The number of hydrogen-bond acceptors (Lipinski definition) is 5. The predicted octanol–water partition coefficient (Wildman–Crippen LogP) is 2.00. The van der Waals surface area contributed by atoms with Crippen molar-refractivity contribution in [3.8, 4) is 0 Å². The Morgan fingerprint density at radius 1 is 1.21 bits per heavy atom. The zero-order chi connectivity index (χ0) is 17.4. The lowest BCUT2D eigenvalue weighted by Gasteiger charge is -2.18. The lowest BCUT2D eigenvalue weighted by atomic mass is 10.0. The molecule has 1 aliphatic rings. The zero-order valence-corrected chi connectivity index (χ0v) is 15.7. The molecule has 7 nitrogen and oxygen atoms in total. The molecular formula is C17H29N7. The fraction of sp³-hybridized carbons (Fsp3) is 0.706. The van der Waals surface area contributed by atoms with Crippen LogP contribution in [0, 0.1) is 0 Å². The summed E-state index contributed by atoms with van der Waals surface area (Å²) in [6.07, 6.45) is 2.22. The molecular weight excluding hydrogens is 302 g/mol.